The molecule has 1 atom stereocenters. The van der Waals surface area contributed by atoms with Gasteiger partial charge >= 0.3 is 0 Å². The van der Waals surface area contributed by atoms with Gasteiger partial charge in [0.25, 0.3) is 0 Å². The maximum Gasteiger partial charge on any atom is 0.0245 e. The average molecular weight is 297 g/mol. The summed E-state index contributed by atoms with van der Waals surface area (Å²) in [5.74, 6) is 0. The Hall–Kier alpha value is -0.380. The maximum absolute atomic E-state index is 3.62. The Morgan fingerprint density at radius 3 is 2.88 bits per heavy atom. The Kier molecular flexibility index (Phi) is 4.60. The second-order valence-electron chi connectivity index (χ2n) is 5.06. The summed E-state index contributed by atoms with van der Waals surface area (Å²) in [4.78, 5) is 4.92. The lowest BCUT2D eigenvalue weighted by atomic mass is 10.0. The van der Waals surface area contributed by atoms with Crippen LogP contribution >= 0.6 is 15.9 Å². The number of likely N-dealkylation sites (tertiary alicyclic amines) is 1. The molecule has 1 heterocycles. The molecule has 0 bridgehead atoms. The summed E-state index contributed by atoms with van der Waals surface area (Å²) in [5, 5.41) is 0. The van der Waals surface area contributed by atoms with Gasteiger partial charge < -0.3 is 4.90 Å². The smallest absolute Gasteiger partial charge is 0.0245 e. The predicted molar refractivity (Wildman–Crippen MR) is 76.1 cm³/mol. The fourth-order valence-electron chi connectivity index (χ4n) is 2.52. The number of rotatable bonds is 3. The van der Waals surface area contributed by atoms with Gasteiger partial charge in [0.1, 0.15) is 0 Å². The number of likely N-dealkylation sites (N-methyl/N-ethyl adjacent to an activating group) is 2. The number of halogens is 1. The van der Waals surface area contributed by atoms with Gasteiger partial charge in [0.15, 0.2) is 0 Å². The topological polar surface area (TPSA) is 6.48 Å². The van der Waals surface area contributed by atoms with Crippen LogP contribution in [-0.2, 0) is 6.54 Å². The van der Waals surface area contributed by atoms with E-state index in [1.54, 1.807) is 0 Å². The molecule has 1 aromatic rings. The van der Waals surface area contributed by atoms with Crippen LogP contribution in [0.15, 0.2) is 28.7 Å². The SMILES string of the molecule is CN1CCCC(N(C)Cc2ccccc2Br)C1. The fourth-order valence-corrected chi connectivity index (χ4v) is 2.93. The van der Waals surface area contributed by atoms with E-state index in [2.05, 4.69) is 64.1 Å². The van der Waals surface area contributed by atoms with Gasteiger partial charge in [0, 0.05) is 23.6 Å². The second kappa shape index (κ2) is 5.98. The molecule has 1 saturated heterocycles. The molecule has 1 fully saturated rings. The normalized spacial score (nSPS) is 22.0. The molecule has 0 saturated carbocycles. The molecule has 1 unspecified atom stereocenters. The standard InChI is InChI=1S/C14H21BrN2/c1-16-9-5-7-13(11-16)17(2)10-12-6-3-4-8-14(12)15/h3-4,6,8,13H,5,7,9-11H2,1-2H3. The van der Waals surface area contributed by atoms with Crippen molar-refractivity contribution in [3.05, 3.63) is 34.3 Å². The molecular formula is C14H21BrN2. The third kappa shape index (κ3) is 3.54. The van der Waals surface area contributed by atoms with Gasteiger partial charge in [-0.2, -0.15) is 0 Å². The minimum Gasteiger partial charge on any atom is -0.305 e. The van der Waals surface area contributed by atoms with E-state index in [1.165, 1.54) is 36.0 Å². The summed E-state index contributed by atoms with van der Waals surface area (Å²) in [6, 6.07) is 9.20. The highest BCUT2D eigenvalue weighted by atomic mass is 79.9. The van der Waals surface area contributed by atoms with Gasteiger partial charge in [-0.05, 0) is 45.1 Å². The lowest BCUT2D eigenvalue weighted by Crippen LogP contribution is -2.44. The molecule has 3 heteroatoms. The van der Waals surface area contributed by atoms with Crippen molar-refractivity contribution in [1.82, 2.24) is 9.80 Å². The van der Waals surface area contributed by atoms with Crippen molar-refractivity contribution >= 4 is 15.9 Å². The van der Waals surface area contributed by atoms with E-state index in [4.69, 9.17) is 0 Å². The Balaban J connectivity index is 1.96. The first-order valence-corrected chi connectivity index (χ1v) is 7.08. The Bertz CT molecular complexity index is 367. The molecule has 0 aliphatic carbocycles. The molecule has 94 valence electrons. The Morgan fingerprint density at radius 1 is 1.41 bits per heavy atom. The highest BCUT2D eigenvalue weighted by Crippen LogP contribution is 2.20. The number of hydrogen-bond acceptors (Lipinski definition) is 2. The molecule has 0 aromatic heterocycles. The van der Waals surface area contributed by atoms with E-state index in [0.717, 1.165) is 6.54 Å². The Labute approximate surface area is 113 Å². The van der Waals surface area contributed by atoms with Crippen molar-refractivity contribution in [3.63, 3.8) is 0 Å². The number of piperidine rings is 1. The van der Waals surface area contributed by atoms with Crippen LogP contribution in [-0.4, -0.2) is 43.0 Å². The third-order valence-corrected chi connectivity index (χ3v) is 4.37. The molecule has 0 amide bonds. The van der Waals surface area contributed by atoms with Crippen LogP contribution in [0.25, 0.3) is 0 Å². The van der Waals surface area contributed by atoms with Gasteiger partial charge in [-0.1, -0.05) is 34.1 Å². The first-order valence-electron chi connectivity index (χ1n) is 6.29. The minimum absolute atomic E-state index is 0.695. The van der Waals surface area contributed by atoms with Gasteiger partial charge in [0.2, 0.25) is 0 Å². The molecule has 1 aliphatic rings. The molecule has 2 rings (SSSR count). The summed E-state index contributed by atoms with van der Waals surface area (Å²) in [7, 11) is 4.46. The predicted octanol–water partition coefficient (Wildman–Crippen LogP) is 2.98. The highest BCUT2D eigenvalue weighted by molar-refractivity contribution is 9.10. The lowest BCUT2D eigenvalue weighted by Gasteiger charge is -2.36. The first kappa shape index (κ1) is 13.1. The molecule has 2 nitrogen and oxygen atoms in total. The van der Waals surface area contributed by atoms with Crippen LogP contribution in [0.5, 0.6) is 0 Å². The molecule has 0 spiro atoms. The molecule has 17 heavy (non-hydrogen) atoms. The molecular weight excluding hydrogens is 276 g/mol. The van der Waals surface area contributed by atoms with Gasteiger partial charge in [-0.3, -0.25) is 4.90 Å². The molecule has 0 N–H and O–H groups in total. The van der Waals surface area contributed by atoms with Crippen LogP contribution in [0, 0.1) is 0 Å². The summed E-state index contributed by atoms with van der Waals surface area (Å²) in [6.45, 7) is 3.47. The maximum atomic E-state index is 3.62. The second-order valence-corrected chi connectivity index (χ2v) is 5.92. The largest absolute Gasteiger partial charge is 0.305 e. The van der Waals surface area contributed by atoms with E-state index in [0.29, 0.717) is 6.04 Å². The first-order chi connectivity index (χ1) is 8.16. The van der Waals surface area contributed by atoms with Crippen molar-refractivity contribution < 1.29 is 0 Å². The fraction of sp³-hybridized carbons (Fsp3) is 0.571. The van der Waals surface area contributed by atoms with E-state index < -0.39 is 0 Å². The number of benzene rings is 1. The zero-order chi connectivity index (χ0) is 12.3. The number of nitrogens with zero attached hydrogens (tertiary/aromatic N) is 2. The zero-order valence-corrected chi connectivity index (χ0v) is 12.3. The van der Waals surface area contributed by atoms with Crippen LogP contribution < -0.4 is 0 Å². The van der Waals surface area contributed by atoms with E-state index >= 15 is 0 Å². The summed E-state index contributed by atoms with van der Waals surface area (Å²) in [6.07, 6.45) is 2.65. The van der Waals surface area contributed by atoms with Crippen molar-refractivity contribution in [1.29, 1.82) is 0 Å². The van der Waals surface area contributed by atoms with Crippen LogP contribution in [0.2, 0.25) is 0 Å². The van der Waals surface area contributed by atoms with E-state index in [-0.39, 0.29) is 0 Å². The van der Waals surface area contributed by atoms with Crippen LogP contribution in [0.1, 0.15) is 18.4 Å². The van der Waals surface area contributed by atoms with Gasteiger partial charge in [0.05, 0.1) is 0 Å². The van der Waals surface area contributed by atoms with Crippen molar-refractivity contribution in [2.45, 2.75) is 25.4 Å². The van der Waals surface area contributed by atoms with Crippen LogP contribution in [0.3, 0.4) is 0 Å². The third-order valence-electron chi connectivity index (χ3n) is 3.60. The lowest BCUT2D eigenvalue weighted by molar-refractivity contribution is 0.129. The van der Waals surface area contributed by atoms with E-state index in [1.807, 2.05) is 0 Å². The van der Waals surface area contributed by atoms with Crippen molar-refractivity contribution in [2.24, 2.45) is 0 Å². The molecule has 1 aromatic carbocycles. The highest BCUT2D eigenvalue weighted by Gasteiger charge is 2.21. The van der Waals surface area contributed by atoms with Gasteiger partial charge in [-0.25, -0.2) is 0 Å². The number of hydrogen-bond donors (Lipinski definition) is 0. The molecule has 0 radical (unpaired) electrons. The van der Waals surface area contributed by atoms with Gasteiger partial charge in [-0.15, -0.1) is 0 Å². The summed E-state index contributed by atoms with van der Waals surface area (Å²) < 4.78 is 1.22. The van der Waals surface area contributed by atoms with E-state index in [9.17, 15) is 0 Å². The quantitative estimate of drug-likeness (QED) is 0.846. The van der Waals surface area contributed by atoms with Crippen molar-refractivity contribution in [2.75, 3.05) is 27.2 Å². The summed E-state index contributed by atoms with van der Waals surface area (Å²) >= 11 is 3.62. The monoisotopic (exact) mass is 296 g/mol. The van der Waals surface area contributed by atoms with Crippen LogP contribution in [0.4, 0.5) is 0 Å². The van der Waals surface area contributed by atoms with Crippen molar-refractivity contribution in [3.8, 4) is 0 Å². The average Bonchev–Trinajstić information content (AvgIpc) is 2.32. The summed E-state index contributed by atoms with van der Waals surface area (Å²) in [5.41, 5.74) is 1.38. The zero-order valence-electron chi connectivity index (χ0n) is 10.7. The Morgan fingerprint density at radius 2 is 2.18 bits per heavy atom. The molecule has 1 aliphatic heterocycles. The minimum atomic E-state index is 0.695.